The van der Waals surface area contributed by atoms with Crippen LogP contribution in [0.3, 0.4) is 0 Å². The van der Waals surface area contributed by atoms with Crippen molar-refractivity contribution in [2.75, 3.05) is 31.5 Å². The van der Waals surface area contributed by atoms with Gasteiger partial charge in [-0.1, -0.05) is 48.5 Å². The molecule has 0 radical (unpaired) electrons. The Morgan fingerprint density at radius 2 is 1.56 bits per heavy atom. The first kappa shape index (κ1) is 21.9. The van der Waals surface area contributed by atoms with Crippen LogP contribution in [0.4, 0.5) is 5.69 Å². The largest absolute Gasteiger partial charge is 0.335 e. The van der Waals surface area contributed by atoms with Crippen LogP contribution in [0.1, 0.15) is 32.5 Å². The first-order valence-electron chi connectivity index (χ1n) is 10.6. The molecule has 0 unspecified atom stereocenters. The number of nitrogens with zero attached hydrogens (tertiary/aromatic N) is 2. The van der Waals surface area contributed by atoms with Crippen LogP contribution in [-0.4, -0.2) is 59.6 Å². The van der Waals surface area contributed by atoms with Crippen molar-refractivity contribution in [1.29, 1.82) is 0 Å². The first-order chi connectivity index (χ1) is 15.5. The highest BCUT2D eigenvalue weighted by Gasteiger charge is 2.28. The summed E-state index contributed by atoms with van der Waals surface area (Å²) in [5, 5.41) is 4.83. The highest BCUT2D eigenvalue weighted by Crippen LogP contribution is 2.21. The molecule has 164 valence electrons. The monoisotopic (exact) mass is 447 g/mol. The molecule has 7 heteroatoms. The van der Waals surface area contributed by atoms with Gasteiger partial charge >= 0.3 is 0 Å². The summed E-state index contributed by atoms with van der Waals surface area (Å²) in [6, 6.07) is 19.4. The molecule has 1 fully saturated rings. The number of carbonyl (C=O) groups is 3. The number of benzene rings is 2. The first-order valence-corrected chi connectivity index (χ1v) is 11.5. The molecule has 3 aromatic rings. The Balaban J connectivity index is 1.39. The van der Waals surface area contributed by atoms with Gasteiger partial charge in [0, 0.05) is 37.3 Å². The van der Waals surface area contributed by atoms with E-state index in [2.05, 4.69) is 10.2 Å². The predicted molar refractivity (Wildman–Crippen MR) is 126 cm³/mol. The van der Waals surface area contributed by atoms with Crippen LogP contribution in [0.25, 0.3) is 0 Å². The van der Waals surface area contributed by atoms with E-state index in [1.54, 1.807) is 36.4 Å². The van der Waals surface area contributed by atoms with E-state index in [0.717, 1.165) is 4.88 Å². The molecule has 0 spiro atoms. The quantitative estimate of drug-likeness (QED) is 0.584. The van der Waals surface area contributed by atoms with Gasteiger partial charge in [-0.05, 0) is 30.5 Å². The molecule has 6 nitrogen and oxygen atoms in total. The van der Waals surface area contributed by atoms with Gasteiger partial charge < -0.3 is 10.2 Å². The van der Waals surface area contributed by atoms with Crippen molar-refractivity contribution >= 4 is 34.6 Å². The Hall–Kier alpha value is -3.29. The summed E-state index contributed by atoms with van der Waals surface area (Å²) in [6.45, 7) is 4.26. The molecule has 1 N–H and O–H groups in total. The number of amides is 2. The minimum atomic E-state index is -0.381. The molecule has 0 bridgehead atoms. The second-order valence-electron chi connectivity index (χ2n) is 7.71. The Bertz CT molecular complexity index is 1090. The number of thiophene rings is 1. The van der Waals surface area contributed by atoms with Crippen LogP contribution < -0.4 is 5.32 Å². The zero-order chi connectivity index (χ0) is 22.5. The van der Waals surface area contributed by atoms with Gasteiger partial charge in [-0.2, -0.15) is 0 Å². The Labute approximate surface area is 191 Å². The standard InChI is InChI=1S/C25H25N3O3S/c1-18(27-13-15-28(16-14-27)25(31)22-12-7-17-32-22)24(30)26-21-11-6-5-10-20(21)23(29)19-8-3-2-4-9-19/h2-12,17-18H,13-16H2,1H3,(H,26,30)/t18-/m1/s1. The van der Waals surface area contributed by atoms with Gasteiger partial charge in [-0.15, -0.1) is 11.3 Å². The maximum absolute atomic E-state index is 13.0. The molecule has 1 aromatic heterocycles. The third-order valence-electron chi connectivity index (χ3n) is 5.73. The lowest BCUT2D eigenvalue weighted by atomic mass is 10.0. The predicted octanol–water partition coefficient (Wildman–Crippen LogP) is 3.76. The average Bonchev–Trinajstić information content (AvgIpc) is 3.39. The molecule has 32 heavy (non-hydrogen) atoms. The third-order valence-corrected chi connectivity index (χ3v) is 6.58. The molecule has 2 amide bonds. The number of piperazine rings is 1. The number of anilines is 1. The van der Waals surface area contributed by atoms with Gasteiger partial charge in [0.25, 0.3) is 5.91 Å². The molecule has 4 rings (SSSR count). The lowest BCUT2D eigenvalue weighted by molar-refractivity contribution is -0.121. The van der Waals surface area contributed by atoms with Crippen molar-refractivity contribution in [3.8, 4) is 0 Å². The fraction of sp³-hybridized carbons (Fsp3) is 0.240. The molecule has 1 atom stereocenters. The van der Waals surface area contributed by atoms with Crippen molar-refractivity contribution < 1.29 is 14.4 Å². The van der Waals surface area contributed by atoms with Crippen molar-refractivity contribution in [3.63, 3.8) is 0 Å². The normalized spacial score (nSPS) is 15.2. The Morgan fingerprint density at radius 3 is 2.25 bits per heavy atom. The van der Waals surface area contributed by atoms with Crippen LogP contribution in [0.5, 0.6) is 0 Å². The number of para-hydroxylation sites is 1. The molecule has 2 heterocycles. The smallest absolute Gasteiger partial charge is 0.264 e. The molecular weight excluding hydrogens is 422 g/mol. The molecule has 1 aliphatic heterocycles. The van der Waals surface area contributed by atoms with E-state index in [1.807, 2.05) is 47.5 Å². The van der Waals surface area contributed by atoms with E-state index in [4.69, 9.17) is 0 Å². The van der Waals surface area contributed by atoms with E-state index in [0.29, 0.717) is 43.0 Å². The van der Waals surface area contributed by atoms with Crippen LogP contribution >= 0.6 is 11.3 Å². The summed E-state index contributed by atoms with van der Waals surface area (Å²) < 4.78 is 0. The van der Waals surface area contributed by atoms with Gasteiger partial charge in [0.15, 0.2) is 5.78 Å². The van der Waals surface area contributed by atoms with Gasteiger partial charge in [0.05, 0.1) is 16.6 Å². The minimum Gasteiger partial charge on any atom is -0.335 e. The fourth-order valence-electron chi connectivity index (χ4n) is 3.81. The molecule has 0 saturated carbocycles. The Kier molecular flexibility index (Phi) is 6.78. The van der Waals surface area contributed by atoms with Gasteiger partial charge in [0.2, 0.25) is 5.91 Å². The van der Waals surface area contributed by atoms with Crippen LogP contribution in [0.15, 0.2) is 72.1 Å². The van der Waals surface area contributed by atoms with Crippen LogP contribution in [-0.2, 0) is 4.79 Å². The minimum absolute atomic E-state index is 0.0464. The topological polar surface area (TPSA) is 69.7 Å². The summed E-state index contributed by atoms with van der Waals surface area (Å²) in [6.07, 6.45) is 0. The SMILES string of the molecule is C[C@H](C(=O)Nc1ccccc1C(=O)c1ccccc1)N1CCN(C(=O)c2cccs2)CC1. The number of ketones is 1. The average molecular weight is 448 g/mol. The zero-order valence-electron chi connectivity index (χ0n) is 17.9. The van der Waals surface area contributed by atoms with Gasteiger partial charge in [-0.25, -0.2) is 0 Å². The van der Waals surface area contributed by atoms with Gasteiger partial charge in [0.1, 0.15) is 0 Å². The van der Waals surface area contributed by atoms with Crippen LogP contribution in [0, 0.1) is 0 Å². The van der Waals surface area contributed by atoms with Crippen molar-refractivity contribution in [3.05, 3.63) is 88.1 Å². The highest BCUT2D eigenvalue weighted by atomic mass is 32.1. The zero-order valence-corrected chi connectivity index (χ0v) is 18.7. The summed E-state index contributed by atoms with van der Waals surface area (Å²) in [4.78, 5) is 43.1. The lowest BCUT2D eigenvalue weighted by Gasteiger charge is -2.37. The Morgan fingerprint density at radius 1 is 0.875 bits per heavy atom. The van der Waals surface area contributed by atoms with E-state index in [9.17, 15) is 14.4 Å². The molecule has 1 aliphatic rings. The van der Waals surface area contributed by atoms with E-state index in [-0.39, 0.29) is 23.6 Å². The number of hydrogen-bond donors (Lipinski definition) is 1. The number of rotatable bonds is 6. The maximum atomic E-state index is 13.0. The number of hydrogen-bond acceptors (Lipinski definition) is 5. The fourth-order valence-corrected chi connectivity index (χ4v) is 4.50. The van der Waals surface area contributed by atoms with Crippen molar-refractivity contribution in [2.45, 2.75) is 13.0 Å². The van der Waals surface area contributed by atoms with Crippen LogP contribution in [0.2, 0.25) is 0 Å². The van der Waals surface area contributed by atoms with E-state index < -0.39 is 0 Å². The number of nitrogens with one attached hydrogen (secondary N) is 1. The van der Waals surface area contributed by atoms with Crippen molar-refractivity contribution in [1.82, 2.24) is 9.80 Å². The number of carbonyl (C=O) groups excluding carboxylic acids is 3. The second kappa shape index (κ2) is 9.89. The third kappa shape index (κ3) is 4.79. The van der Waals surface area contributed by atoms with E-state index in [1.165, 1.54) is 11.3 Å². The molecular formula is C25H25N3O3S. The summed E-state index contributed by atoms with van der Waals surface area (Å²) in [5.41, 5.74) is 1.55. The lowest BCUT2D eigenvalue weighted by Crippen LogP contribution is -2.54. The molecule has 1 saturated heterocycles. The summed E-state index contributed by atoms with van der Waals surface area (Å²) >= 11 is 1.44. The molecule has 0 aliphatic carbocycles. The van der Waals surface area contributed by atoms with Gasteiger partial charge in [-0.3, -0.25) is 19.3 Å². The maximum Gasteiger partial charge on any atom is 0.264 e. The van der Waals surface area contributed by atoms with Crippen molar-refractivity contribution in [2.24, 2.45) is 0 Å². The highest BCUT2D eigenvalue weighted by molar-refractivity contribution is 7.12. The van der Waals surface area contributed by atoms with E-state index >= 15 is 0 Å². The summed E-state index contributed by atoms with van der Waals surface area (Å²) in [5.74, 6) is -0.253. The molecule has 2 aromatic carbocycles. The summed E-state index contributed by atoms with van der Waals surface area (Å²) in [7, 11) is 0. The second-order valence-corrected chi connectivity index (χ2v) is 8.66.